The van der Waals surface area contributed by atoms with Gasteiger partial charge in [0.05, 0.1) is 5.02 Å². The molecule has 0 heterocycles. The van der Waals surface area contributed by atoms with Gasteiger partial charge >= 0.3 is 0 Å². The molecule has 0 aliphatic carbocycles. The van der Waals surface area contributed by atoms with Crippen molar-refractivity contribution in [2.75, 3.05) is 7.05 Å². The van der Waals surface area contributed by atoms with Crippen molar-refractivity contribution in [3.05, 3.63) is 57.6 Å². The lowest BCUT2D eigenvalue weighted by Gasteiger charge is -2.13. The molecule has 0 saturated carbocycles. The van der Waals surface area contributed by atoms with E-state index in [4.69, 9.17) is 27.9 Å². The molecule has 0 saturated heterocycles. The fourth-order valence-electron chi connectivity index (χ4n) is 1.81. The van der Waals surface area contributed by atoms with Crippen LogP contribution in [0.5, 0.6) is 11.5 Å². The molecule has 0 aliphatic rings. The third kappa shape index (κ3) is 3.63. The van der Waals surface area contributed by atoms with E-state index in [0.717, 1.165) is 17.9 Å². The largest absolute Gasteiger partial charge is 0.455 e. The summed E-state index contributed by atoms with van der Waals surface area (Å²) < 4.78 is 5.87. The summed E-state index contributed by atoms with van der Waals surface area (Å²) in [5.74, 6) is 1.40. The monoisotopic (exact) mass is 295 g/mol. The molecule has 0 spiro atoms. The van der Waals surface area contributed by atoms with Crippen LogP contribution in [0.1, 0.15) is 11.1 Å². The second-order valence-electron chi connectivity index (χ2n) is 4.32. The molecule has 2 nitrogen and oxygen atoms in total. The van der Waals surface area contributed by atoms with Gasteiger partial charge in [-0.2, -0.15) is 0 Å². The number of aryl methyl sites for hydroxylation is 1. The van der Waals surface area contributed by atoms with Crippen molar-refractivity contribution in [2.45, 2.75) is 13.5 Å². The molecule has 4 heteroatoms. The SMILES string of the molecule is CNCc1cc(C)ccc1Oc1ccc(Cl)cc1Cl. The van der Waals surface area contributed by atoms with Crippen LogP contribution in [-0.2, 0) is 6.54 Å². The molecule has 0 atom stereocenters. The normalized spacial score (nSPS) is 10.5. The van der Waals surface area contributed by atoms with Crippen LogP contribution >= 0.6 is 23.2 Å². The summed E-state index contributed by atoms with van der Waals surface area (Å²) in [5.41, 5.74) is 2.29. The van der Waals surface area contributed by atoms with E-state index >= 15 is 0 Å². The molecule has 0 radical (unpaired) electrons. The highest BCUT2D eigenvalue weighted by atomic mass is 35.5. The van der Waals surface area contributed by atoms with Crippen molar-refractivity contribution in [2.24, 2.45) is 0 Å². The first-order chi connectivity index (χ1) is 9.10. The van der Waals surface area contributed by atoms with E-state index < -0.39 is 0 Å². The molecular formula is C15H15Cl2NO. The number of hydrogen-bond donors (Lipinski definition) is 1. The molecular weight excluding hydrogens is 281 g/mol. The minimum absolute atomic E-state index is 0.503. The Bertz CT molecular complexity index is 584. The summed E-state index contributed by atoms with van der Waals surface area (Å²) in [4.78, 5) is 0. The standard InChI is InChI=1S/C15H15Cl2NO/c1-10-3-5-14(11(7-10)9-18-2)19-15-6-4-12(16)8-13(15)17/h3-8,18H,9H2,1-2H3. The van der Waals surface area contributed by atoms with E-state index in [1.165, 1.54) is 5.56 Å². The lowest BCUT2D eigenvalue weighted by Crippen LogP contribution is -2.06. The fraction of sp³-hybridized carbons (Fsp3) is 0.200. The van der Waals surface area contributed by atoms with Crippen molar-refractivity contribution in [1.82, 2.24) is 5.32 Å². The van der Waals surface area contributed by atoms with Crippen LogP contribution in [0.4, 0.5) is 0 Å². The molecule has 1 N–H and O–H groups in total. The van der Waals surface area contributed by atoms with Crippen LogP contribution in [0, 0.1) is 6.92 Å². The van der Waals surface area contributed by atoms with Crippen LogP contribution in [0.3, 0.4) is 0 Å². The van der Waals surface area contributed by atoms with Crippen LogP contribution in [0.15, 0.2) is 36.4 Å². The molecule has 100 valence electrons. The van der Waals surface area contributed by atoms with E-state index in [2.05, 4.69) is 18.3 Å². The maximum Gasteiger partial charge on any atom is 0.146 e. The van der Waals surface area contributed by atoms with E-state index in [1.807, 2.05) is 19.2 Å². The summed E-state index contributed by atoms with van der Waals surface area (Å²) in [6.45, 7) is 2.79. The number of nitrogens with one attached hydrogen (secondary N) is 1. The van der Waals surface area contributed by atoms with Crippen LogP contribution in [0.25, 0.3) is 0 Å². The summed E-state index contributed by atoms with van der Waals surface area (Å²) in [5, 5.41) is 4.22. The zero-order chi connectivity index (χ0) is 13.8. The highest BCUT2D eigenvalue weighted by Gasteiger charge is 2.08. The number of rotatable bonds is 4. The van der Waals surface area contributed by atoms with Gasteiger partial charge in [0.1, 0.15) is 11.5 Å². The van der Waals surface area contributed by atoms with Gasteiger partial charge in [0.15, 0.2) is 0 Å². The summed E-state index contributed by atoms with van der Waals surface area (Å²) >= 11 is 12.0. The zero-order valence-electron chi connectivity index (χ0n) is 10.8. The number of halogens is 2. The molecule has 19 heavy (non-hydrogen) atoms. The predicted molar refractivity (Wildman–Crippen MR) is 80.5 cm³/mol. The summed E-state index contributed by atoms with van der Waals surface area (Å²) in [6.07, 6.45) is 0. The van der Waals surface area contributed by atoms with Crippen molar-refractivity contribution in [3.8, 4) is 11.5 Å². The number of benzene rings is 2. The average Bonchev–Trinajstić information content (AvgIpc) is 2.36. The average molecular weight is 296 g/mol. The summed E-state index contributed by atoms with van der Waals surface area (Å²) in [6, 6.07) is 11.3. The van der Waals surface area contributed by atoms with Crippen LogP contribution < -0.4 is 10.1 Å². The van der Waals surface area contributed by atoms with Gasteiger partial charge in [-0.15, -0.1) is 0 Å². The lowest BCUT2D eigenvalue weighted by molar-refractivity contribution is 0.474. The third-order valence-corrected chi connectivity index (χ3v) is 3.23. The second-order valence-corrected chi connectivity index (χ2v) is 5.16. The Hall–Kier alpha value is -1.22. The van der Waals surface area contributed by atoms with Gasteiger partial charge in [-0.25, -0.2) is 0 Å². The van der Waals surface area contributed by atoms with Crippen molar-refractivity contribution in [1.29, 1.82) is 0 Å². The molecule has 0 fully saturated rings. The Morgan fingerprint density at radius 1 is 1.05 bits per heavy atom. The molecule has 2 rings (SSSR count). The van der Waals surface area contributed by atoms with Crippen LogP contribution in [-0.4, -0.2) is 7.05 Å². The molecule has 0 amide bonds. The first kappa shape index (κ1) is 14.2. The Morgan fingerprint density at radius 2 is 1.79 bits per heavy atom. The fourth-order valence-corrected chi connectivity index (χ4v) is 2.26. The highest BCUT2D eigenvalue weighted by molar-refractivity contribution is 6.35. The second kappa shape index (κ2) is 6.29. The van der Waals surface area contributed by atoms with E-state index in [9.17, 15) is 0 Å². The van der Waals surface area contributed by atoms with Gasteiger partial charge in [-0.3, -0.25) is 0 Å². The molecule has 2 aromatic rings. The number of hydrogen-bond acceptors (Lipinski definition) is 2. The van der Waals surface area contributed by atoms with E-state index in [1.54, 1.807) is 18.2 Å². The molecule has 0 bridgehead atoms. The highest BCUT2D eigenvalue weighted by Crippen LogP contribution is 2.33. The molecule has 0 aliphatic heterocycles. The molecule has 0 unspecified atom stereocenters. The summed E-state index contributed by atoms with van der Waals surface area (Å²) in [7, 11) is 1.90. The molecule has 2 aromatic carbocycles. The van der Waals surface area contributed by atoms with Crippen molar-refractivity contribution >= 4 is 23.2 Å². The van der Waals surface area contributed by atoms with Gasteiger partial charge in [0.25, 0.3) is 0 Å². The maximum absolute atomic E-state index is 6.12. The maximum atomic E-state index is 6.12. The van der Waals surface area contributed by atoms with Crippen molar-refractivity contribution < 1.29 is 4.74 Å². The Kier molecular flexibility index (Phi) is 4.70. The Labute approximate surface area is 123 Å². The number of ether oxygens (including phenoxy) is 1. The predicted octanol–water partition coefficient (Wildman–Crippen LogP) is 4.81. The van der Waals surface area contributed by atoms with Gasteiger partial charge in [-0.1, -0.05) is 40.9 Å². The minimum Gasteiger partial charge on any atom is -0.455 e. The lowest BCUT2D eigenvalue weighted by atomic mass is 10.1. The first-order valence-electron chi connectivity index (χ1n) is 5.97. The third-order valence-electron chi connectivity index (χ3n) is 2.70. The van der Waals surface area contributed by atoms with E-state index in [0.29, 0.717) is 15.8 Å². The zero-order valence-corrected chi connectivity index (χ0v) is 12.3. The van der Waals surface area contributed by atoms with Crippen LogP contribution in [0.2, 0.25) is 10.0 Å². The van der Waals surface area contributed by atoms with Gasteiger partial charge in [-0.05, 0) is 38.2 Å². The minimum atomic E-state index is 0.503. The first-order valence-corrected chi connectivity index (χ1v) is 6.73. The quantitative estimate of drug-likeness (QED) is 0.874. The van der Waals surface area contributed by atoms with Crippen molar-refractivity contribution in [3.63, 3.8) is 0 Å². The Balaban J connectivity index is 2.32. The van der Waals surface area contributed by atoms with Gasteiger partial charge in [0, 0.05) is 17.1 Å². The van der Waals surface area contributed by atoms with Gasteiger partial charge in [0.2, 0.25) is 0 Å². The topological polar surface area (TPSA) is 21.3 Å². The van der Waals surface area contributed by atoms with E-state index in [-0.39, 0.29) is 0 Å². The Morgan fingerprint density at radius 3 is 2.47 bits per heavy atom. The smallest absolute Gasteiger partial charge is 0.146 e. The molecule has 0 aromatic heterocycles. The van der Waals surface area contributed by atoms with Gasteiger partial charge < -0.3 is 10.1 Å².